The van der Waals surface area contributed by atoms with Crippen molar-refractivity contribution in [2.75, 3.05) is 6.26 Å². The molecule has 0 amide bonds. The highest BCUT2D eigenvalue weighted by Gasteiger charge is 1.88. The van der Waals surface area contributed by atoms with Crippen molar-refractivity contribution in [2.45, 2.75) is 4.90 Å². The third-order valence-corrected chi connectivity index (χ3v) is 2.23. The van der Waals surface area contributed by atoms with Crippen LogP contribution >= 0.6 is 11.8 Å². The Morgan fingerprint density at radius 3 is 2.42 bits per heavy atom. The number of thioether (sulfide) groups is 1. The molecule has 2 heteroatoms. The van der Waals surface area contributed by atoms with Gasteiger partial charge in [0.1, 0.15) is 6.29 Å². The normalized spacial score (nSPS) is 10.4. The SMILES string of the molecule is CSc1ccc(/C=C/C=O)cc1. The van der Waals surface area contributed by atoms with Crippen LogP contribution in [0.2, 0.25) is 0 Å². The highest BCUT2D eigenvalue weighted by Crippen LogP contribution is 2.15. The van der Waals surface area contributed by atoms with E-state index in [-0.39, 0.29) is 0 Å². The molecule has 0 unspecified atom stereocenters. The third-order valence-electron chi connectivity index (χ3n) is 1.48. The zero-order valence-electron chi connectivity index (χ0n) is 6.86. The Labute approximate surface area is 76.5 Å². The molecule has 0 bridgehead atoms. The molecule has 0 saturated carbocycles. The highest BCUT2D eigenvalue weighted by molar-refractivity contribution is 7.98. The van der Waals surface area contributed by atoms with E-state index in [4.69, 9.17) is 0 Å². The molecular formula is C10H10OS. The summed E-state index contributed by atoms with van der Waals surface area (Å²) in [4.78, 5) is 11.2. The molecule has 1 aromatic carbocycles. The maximum Gasteiger partial charge on any atom is 0.142 e. The van der Waals surface area contributed by atoms with Gasteiger partial charge in [-0.05, 0) is 30.0 Å². The first-order chi connectivity index (χ1) is 5.86. The van der Waals surface area contributed by atoms with E-state index in [0.29, 0.717) is 0 Å². The molecule has 1 nitrogen and oxygen atoms in total. The summed E-state index contributed by atoms with van der Waals surface area (Å²) in [6.45, 7) is 0. The number of carbonyl (C=O) groups excluding carboxylic acids is 1. The summed E-state index contributed by atoms with van der Waals surface area (Å²) in [6.07, 6.45) is 6.10. The maximum absolute atomic E-state index is 10.0. The van der Waals surface area contributed by atoms with Gasteiger partial charge < -0.3 is 0 Å². The van der Waals surface area contributed by atoms with Crippen molar-refractivity contribution in [1.82, 2.24) is 0 Å². The van der Waals surface area contributed by atoms with Gasteiger partial charge in [0.15, 0.2) is 0 Å². The number of hydrogen-bond donors (Lipinski definition) is 0. The Bertz CT molecular complexity index is 274. The first kappa shape index (κ1) is 9.07. The van der Waals surface area contributed by atoms with Crippen LogP contribution in [0.4, 0.5) is 0 Å². The van der Waals surface area contributed by atoms with Crippen LogP contribution in [-0.4, -0.2) is 12.5 Å². The van der Waals surface area contributed by atoms with E-state index in [1.165, 1.54) is 11.0 Å². The average molecular weight is 178 g/mol. The lowest BCUT2D eigenvalue weighted by Gasteiger charge is -1.95. The maximum atomic E-state index is 10.0. The Kier molecular flexibility index (Phi) is 3.61. The zero-order chi connectivity index (χ0) is 8.81. The van der Waals surface area contributed by atoms with Gasteiger partial charge in [-0.25, -0.2) is 0 Å². The molecule has 12 heavy (non-hydrogen) atoms. The van der Waals surface area contributed by atoms with Gasteiger partial charge in [0.25, 0.3) is 0 Å². The van der Waals surface area contributed by atoms with Crippen LogP contribution < -0.4 is 0 Å². The third kappa shape index (κ3) is 2.55. The lowest BCUT2D eigenvalue weighted by molar-refractivity contribution is -0.104. The van der Waals surface area contributed by atoms with Gasteiger partial charge in [-0.3, -0.25) is 4.79 Å². The fourth-order valence-electron chi connectivity index (χ4n) is 0.865. The Morgan fingerprint density at radius 1 is 1.25 bits per heavy atom. The molecule has 0 N–H and O–H groups in total. The van der Waals surface area contributed by atoms with Crippen molar-refractivity contribution in [3.8, 4) is 0 Å². The van der Waals surface area contributed by atoms with E-state index in [9.17, 15) is 4.79 Å². The van der Waals surface area contributed by atoms with Crippen LogP contribution in [0.1, 0.15) is 5.56 Å². The minimum Gasteiger partial charge on any atom is -0.299 e. The van der Waals surface area contributed by atoms with E-state index in [2.05, 4.69) is 0 Å². The molecule has 0 aliphatic carbocycles. The van der Waals surface area contributed by atoms with Crippen molar-refractivity contribution >= 4 is 24.1 Å². The molecule has 0 heterocycles. The Morgan fingerprint density at radius 2 is 1.92 bits per heavy atom. The minimum absolute atomic E-state index is 0.780. The molecule has 0 fully saturated rings. The summed E-state index contributed by atoms with van der Waals surface area (Å²) < 4.78 is 0. The van der Waals surface area contributed by atoms with Crippen LogP contribution in [0.3, 0.4) is 0 Å². The molecule has 0 aliphatic rings. The average Bonchev–Trinajstić information content (AvgIpc) is 2.15. The predicted octanol–water partition coefficient (Wildman–Crippen LogP) is 2.62. The van der Waals surface area contributed by atoms with Crippen molar-refractivity contribution in [1.29, 1.82) is 0 Å². The summed E-state index contributed by atoms with van der Waals surface area (Å²) >= 11 is 1.71. The van der Waals surface area contributed by atoms with Crippen molar-refractivity contribution < 1.29 is 4.79 Å². The number of benzene rings is 1. The van der Waals surface area contributed by atoms with Gasteiger partial charge in [-0.15, -0.1) is 11.8 Å². The van der Waals surface area contributed by atoms with Gasteiger partial charge in [0.05, 0.1) is 0 Å². The van der Waals surface area contributed by atoms with E-state index in [0.717, 1.165) is 11.8 Å². The highest BCUT2D eigenvalue weighted by atomic mass is 32.2. The summed E-state index contributed by atoms with van der Waals surface area (Å²) in [5.74, 6) is 0. The van der Waals surface area contributed by atoms with E-state index in [1.54, 1.807) is 17.8 Å². The van der Waals surface area contributed by atoms with Crippen molar-refractivity contribution in [3.05, 3.63) is 35.9 Å². The van der Waals surface area contributed by atoms with Crippen LogP contribution in [0.5, 0.6) is 0 Å². The molecule has 0 aliphatic heterocycles. The molecule has 62 valence electrons. The number of allylic oxidation sites excluding steroid dienone is 1. The monoisotopic (exact) mass is 178 g/mol. The van der Waals surface area contributed by atoms with Crippen LogP contribution in [0.25, 0.3) is 6.08 Å². The van der Waals surface area contributed by atoms with Gasteiger partial charge in [-0.1, -0.05) is 18.2 Å². The summed E-state index contributed by atoms with van der Waals surface area (Å²) in [5, 5.41) is 0. The lowest BCUT2D eigenvalue weighted by Crippen LogP contribution is -1.72. The second kappa shape index (κ2) is 4.78. The summed E-state index contributed by atoms with van der Waals surface area (Å²) in [6, 6.07) is 8.06. The van der Waals surface area contributed by atoms with Crippen LogP contribution in [0, 0.1) is 0 Å². The van der Waals surface area contributed by atoms with Crippen LogP contribution in [0.15, 0.2) is 35.2 Å². The topological polar surface area (TPSA) is 17.1 Å². The smallest absolute Gasteiger partial charge is 0.142 e. The van der Waals surface area contributed by atoms with Gasteiger partial charge >= 0.3 is 0 Å². The molecule has 1 rings (SSSR count). The first-order valence-corrected chi connectivity index (χ1v) is 4.85. The summed E-state index contributed by atoms with van der Waals surface area (Å²) in [7, 11) is 0. The first-order valence-electron chi connectivity index (χ1n) is 3.62. The standard InChI is InChI=1S/C10H10OS/c1-12-10-6-4-9(5-7-10)3-2-8-11/h2-8H,1H3/b3-2+. The van der Waals surface area contributed by atoms with E-state index >= 15 is 0 Å². The largest absolute Gasteiger partial charge is 0.299 e. The fraction of sp³-hybridized carbons (Fsp3) is 0.100. The minimum atomic E-state index is 0.780. The molecule has 1 aromatic rings. The number of hydrogen-bond acceptors (Lipinski definition) is 2. The van der Waals surface area contributed by atoms with E-state index in [1.807, 2.05) is 30.5 Å². The lowest BCUT2D eigenvalue weighted by atomic mass is 10.2. The fourth-order valence-corrected chi connectivity index (χ4v) is 1.27. The zero-order valence-corrected chi connectivity index (χ0v) is 7.67. The second-order valence-electron chi connectivity index (χ2n) is 2.27. The van der Waals surface area contributed by atoms with Gasteiger partial charge in [-0.2, -0.15) is 0 Å². The second-order valence-corrected chi connectivity index (χ2v) is 3.15. The Hall–Kier alpha value is -1.02. The molecule has 0 saturated heterocycles. The number of rotatable bonds is 3. The molecule has 0 radical (unpaired) electrons. The Balaban J connectivity index is 2.77. The molecule has 0 atom stereocenters. The molecule has 0 spiro atoms. The number of carbonyl (C=O) groups is 1. The van der Waals surface area contributed by atoms with E-state index < -0.39 is 0 Å². The molecule has 0 aromatic heterocycles. The van der Waals surface area contributed by atoms with Crippen LogP contribution in [-0.2, 0) is 4.79 Å². The molecular weight excluding hydrogens is 168 g/mol. The predicted molar refractivity (Wildman–Crippen MR) is 53.3 cm³/mol. The number of aldehydes is 1. The summed E-state index contributed by atoms with van der Waals surface area (Å²) in [5.41, 5.74) is 1.06. The van der Waals surface area contributed by atoms with Crippen molar-refractivity contribution in [2.24, 2.45) is 0 Å². The van der Waals surface area contributed by atoms with Crippen molar-refractivity contribution in [3.63, 3.8) is 0 Å². The van der Waals surface area contributed by atoms with Gasteiger partial charge in [0.2, 0.25) is 0 Å². The van der Waals surface area contributed by atoms with Gasteiger partial charge in [0, 0.05) is 4.90 Å². The quantitative estimate of drug-likeness (QED) is 0.402.